The minimum absolute atomic E-state index is 0.0413. The number of aliphatic hydroxyl groups is 1. The lowest BCUT2D eigenvalue weighted by Crippen LogP contribution is -2.56. The number of aromatic nitrogens is 4. The lowest BCUT2D eigenvalue weighted by atomic mass is 9.81. The maximum absolute atomic E-state index is 15.5. The Labute approximate surface area is 591 Å². The van der Waals surface area contributed by atoms with Crippen molar-refractivity contribution in [1.29, 1.82) is 0 Å². The number of carbonyl (C=O) groups is 8. The van der Waals surface area contributed by atoms with Crippen molar-refractivity contribution in [2.45, 2.75) is 120 Å². The lowest BCUT2D eigenvalue weighted by molar-refractivity contribution is -0.172. The zero-order valence-corrected chi connectivity index (χ0v) is 59.0. The first-order valence-corrected chi connectivity index (χ1v) is 35.4. The van der Waals surface area contributed by atoms with Crippen molar-refractivity contribution in [3.8, 4) is 11.4 Å². The molecule has 9 N–H and O–H groups in total. The number of urea groups is 1. The van der Waals surface area contributed by atoms with Crippen molar-refractivity contribution in [2.24, 2.45) is 17.6 Å². The lowest BCUT2D eigenvalue weighted by Gasteiger charge is -2.38. The van der Waals surface area contributed by atoms with Gasteiger partial charge in [0.1, 0.15) is 31.1 Å². The van der Waals surface area contributed by atoms with Crippen LogP contribution in [-0.2, 0) is 94.8 Å². The molecule has 3 aliphatic heterocycles. The molecule has 4 atom stereocenters. The maximum atomic E-state index is 15.5. The molecule has 31 heteroatoms. The number of hydrogen-bond acceptors (Lipinski definition) is 19. The third-order valence-corrected chi connectivity index (χ3v) is 19.2. The normalized spacial score (nSPS) is 16.6. The highest BCUT2D eigenvalue weighted by Crippen LogP contribution is 2.46. The summed E-state index contributed by atoms with van der Waals surface area (Å²) in [7, 11) is 0. The maximum Gasteiger partial charge on any atom is 0.410 e. The molecule has 100 heavy (non-hydrogen) atoms. The standard InChI is InChI=1S/C69H81Br2FN12O16/c1-5-69(94)46-28-55-60-44(34-84(55)65(90)45(46)36-99-66(69)91)58-49(15-13-43-38(4)47(72)29-52(79-60)57(43)58)80-62(87)41-32-83(33-41)68(93)100-35-39-8-11-42(12-9-39)76-63(88)50(7-6-17-75-67(73)92)81-64(89)59(37(2)3)82-56(85)16-19-95-21-23-97-25-26-98-24-22-96-20-18-74-61(86)40-10-14-48-51(27-40)78-54(31-71)53(30-70)77-48/h8-12,14,27-29,37,41,49-50,59,94H,5-7,13,15-26,30-36H2,1-4H3,(H,74,86)(H,76,88)(H,80,87)(H,81,89)(H,82,85)(H3,73,75,92)/t49-,50+,59+,69-/m1/s1. The van der Waals surface area contributed by atoms with Gasteiger partial charge in [-0.25, -0.2) is 33.7 Å². The summed E-state index contributed by atoms with van der Waals surface area (Å²) in [5, 5.41) is 30.1. The summed E-state index contributed by atoms with van der Waals surface area (Å²) in [5.74, 6) is -4.46. The van der Waals surface area contributed by atoms with Crippen molar-refractivity contribution in [3.63, 3.8) is 0 Å². The number of pyridine rings is 2. The number of alkyl halides is 2. The summed E-state index contributed by atoms with van der Waals surface area (Å²) in [6, 6.07) is 11.2. The van der Waals surface area contributed by atoms with E-state index >= 15 is 4.39 Å². The van der Waals surface area contributed by atoms with Gasteiger partial charge in [0.15, 0.2) is 5.60 Å². The van der Waals surface area contributed by atoms with E-state index in [1.54, 1.807) is 76.2 Å². The fraction of sp³-hybridized carbons (Fsp3) is 0.478. The number of cyclic esters (lactones) is 1. The first-order chi connectivity index (χ1) is 48.1. The monoisotopic (exact) mass is 1510 g/mol. The summed E-state index contributed by atoms with van der Waals surface area (Å²) in [5.41, 5.74) is 11.1. The number of nitrogens with zero attached hydrogens (tertiary/aromatic N) is 5. The number of hydrogen-bond donors (Lipinski definition) is 8. The molecule has 0 unspecified atom stereocenters. The Hall–Kier alpha value is -8.59. The third kappa shape index (κ3) is 17.2. The van der Waals surface area contributed by atoms with Crippen molar-refractivity contribution in [2.75, 3.05) is 84.4 Å². The average Bonchev–Trinajstić information content (AvgIpc) is 1.50. The Balaban J connectivity index is 0.622. The Morgan fingerprint density at radius 3 is 2.15 bits per heavy atom. The number of benzene rings is 3. The number of anilines is 1. The summed E-state index contributed by atoms with van der Waals surface area (Å²) in [6.07, 6.45) is 0.455. The van der Waals surface area contributed by atoms with E-state index in [0.29, 0.717) is 130 Å². The van der Waals surface area contributed by atoms with Crippen LogP contribution < -0.4 is 43.2 Å². The van der Waals surface area contributed by atoms with Gasteiger partial charge in [0.2, 0.25) is 23.6 Å². The van der Waals surface area contributed by atoms with Crippen LogP contribution in [0.2, 0.25) is 0 Å². The van der Waals surface area contributed by atoms with Crippen molar-refractivity contribution < 1.29 is 76.3 Å². The summed E-state index contributed by atoms with van der Waals surface area (Å²) < 4.78 is 50.1. The molecule has 10 rings (SSSR count). The number of aryl methyl sites for hydroxylation is 1. The van der Waals surface area contributed by atoms with Crippen molar-refractivity contribution in [1.82, 2.24) is 51.0 Å². The molecule has 0 bridgehead atoms. The number of likely N-dealkylation sites (tertiary alicyclic amines) is 1. The van der Waals surface area contributed by atoms with Crippen LogP contribution in [0, 0.1) is 24.6 Å². The van der Waals surface area contributed by atoms with E-state index in [4.69, 9.17) is 39.1 Å². The number of rotatable bonds is 33. The molecule has 3 aromatic carbocycles. The van der Waals surface area contributed by atoms with Gasteiger partial charge in [0.25, 0.3) is 11.5 Å². The Bertz CT molecular complexity index is 4160. The van der Waals surface area contributed by atoms with Gasteiger partial charge in [0, 0.05) is 77.1 Å². The van der Waals surface area contributed by atoms with Crippen molar-refractivity contribution in [3.05, 3.63) is 127 Å². The number of fused-ring (bicyclic) bond motifs is 6. The molecule has 1 aliphatic carbocycles. The van der Waals surface area contributed by atoms with Crippen LogP contribution in [0.3, 0.4) is 0 Å². The summed E-state index contributed by atoms with van der Waals surface area (Å²) >= 11 is 6.87. The van der Waals surface area contributed by atoms with E-state index in [1.165, 1.54) is 15.5 Å². The van der Waals surface area contributed by atoms with E-state index in [0.717, 1.165) is 17.0 Å². The van der Waals surface area contributed by atoms with Gasteiger partial charge in [-0.05, 0) is 104 Å². The highest BCUT2D eigenvalue weighted by atomic mass is 79.9. The minimum atomic E-state index is -2.05. The number of nitrogens with two attached hydrogens (primary N) is 1. The first kappa shape index (κ1) is 74.1. The summed E-state index contributed by atoms with van der Waals surface area (Å²) in [4.78, 5) is 135. The predicted octanol–water partition coefficient (Wildman–Crippen LogP) is 5.53. The smallest absolute Gasteiger partial charge is 0.410 e. The van der Waals surface area contributed by atoms with Gasteiger partial charge in [-0.15, -0.1) is 0 Å². The minimum Gasteiger partial charge on any atom is -0.458 e. The SMILES string of the molecule is CC[C@]1(O)C(=O)OCc2c1cc1n(c2=O)Cc2c-1nc1cc(F)c(C)c3c1c2[C@H](NC(=O)C1CN(C(=O)OCc2ccc(NC(=O)[C@H](CCCNC(N)=O)NC(=O)[C@@H](NC(=O)CCOCCOCCOCCOCCNC(=O)c4ccc5nc(CBr)c(CBr)nc5c4)C(C)C)cc2)C1)CC3. The number of amides is 8. The second-order valence-corrected chi connectivity index (χ2v) is 26.2. The fourth-order valence-electron chi connectivity index (χ4n) is 12.5. The topological polar surface area (TPSA) is 374 Å². The van der Waals surface area contributed by atoms with Crippen LogP contribution in [-0.4, -0.2) is 168 Å². The number of nitrogens with one attached hydrogen (secondary N) is 6. The fourth-order valence-corrected chi connectivity index (χ4v) is 13.4. The van der Waals surface area contributed by atoms with Gasteiger partial charge < -0.3 is 80.6 Å². The zero-order chi connectivity index (χ0) is 71.4. The number of carbonyl (C=O) groups excluding carboxylic acids is 8. The molecule has 28 nitrogen and oxygen atoms in total. The van der Waals surface area contributed by atoms with Gasteiger partial charge in [-0.2, -0.15) is 0 Å². The molecule has 534 valence electrons. The molecule has 0 radical (unpaired) electrons. The van der Waals surface area contributed by atoms with Gasteiger partial charge >= 0.3 is 18.1 Å². The molecular formula is C69H81Br2FN12O16. The molecule has 6 heterocycles. The molecule has 0 saturated carbocycles. The summed E-state index contributed by atoms with van der Waals surface area (Å²) in [6.45, 7) is 9.07. The van der Waals surface area contributed by atoms with Crippen LogP contribution >= 0.6 is 31.9 Å². The van der Waals surface area contributed by atoms with E-state index in [1.807, 2.05) is 0 Å². The molecule has 1 saturated heterocycles. The van der Waals surface area contributed by atoms with E-state index in [-0.39, 0.29) is 114 Å². The third-order valence-electron chi connectivity index (χ3n) is 18.1. The number of ether oxygens (including phenoxy) is 6. The molecule has 4 aliphatic rings. The highest BCUT2D eigenvalue weighted by Gasteiger charge is 2.47. The number of primary amides is 1. The highest BCUT2D eigenvalue weighted by molar-refractivity contribution is 9.09. The van der Waals surface area contributed by atoms with E-state index in [2.05, 4.69) is 73.7 Å². The Morgan fingerprint density at radius 1 is 0.800 bits per heavy atom. The van der Waals surface area contributed by atoms with Crippen LogP contribution in [0.4, 0.5) is 19.7 Å². The van der Waals surface area contributed by atoms with E-state index in [9.17, 15) is 48.3 Å². The molecule has 6 aromatic rings. The molecule has 8 amide bonds. The molecular weight excluding hydrogens is 1430 g/mol. The molecule has 1 fully saturated rings. The Morgan fingerprint density at radius 2 is 1.48 bits per heavy atom. The van der Waals surface area contributed by atoms with Crippen LogP contribution in [0.1, 0.15) is 120 Å². The molecule has 0 spiro atoms. The second-order valence-electron chi connectivity index (χ2n) is 25.1. The van der Waals surface area contributed by atoms with Crippen LogP contribution in [0.5, 0.6) is 0 Å². The Kier molecular flexibility index (Phi) is 25.0. The van der Waals surface area contributed by atoms with Crippen LogP contribution in [0.15, 0.2) is 59.4 Å². The predicted molar refractivity (Wildman–Crippen MR) is 369 cm³/mol. The van der Waals surface area contributed by atoms with E-state index < -0.39 is 76.8 Å². The first-order valence-electron chi connectivity index (χ1n) is 33.2. The number of halogens is 3. The van der Waals surface area contributed by atoms with Crippen LogP contribution in [0.25, 0.3) is 33.3 Å². The quantitative estimate of drug-likeness (QED) is 0.0142. The number of esters is 1. The van der Waals surface area contributed by atoms with Gasteiger partial charge in [-0.1, -0.05) is 64.8 Å². The average molecular weight is 1510 g/mol. The van der Waals surface area contributed by atoms with Gasteiger partial charge in [0.05, 0.1) is 116 Å². The van der Waals surface area contributed by atoms with Gasteiger partial charge in [-0.3, -0.25) is 28.8 Å². The van der Waals surface area contributed by atoms with Crippen molar-refractivity contribution >= 4 is 107 Å². The largest absolute Gasteiger partial charge is 0.458 e. The second kappa shape index (κ2) is 33.7. The molecule has 3 aromatic heterocycles. The zero-order valence-electron chi connectivity index (χ0n) is 55.9.